The lowest BCUT2D eigenvalue weighted by Gasteiger charge is -2.16. The first-order valence-electron chi connectivity index (χ1n) is 4.26. The number of nitrogens with two attached hydrogens (primary N) is 1. The van der Waals surface area contributed by atoms with Crippen molar-refractivity contribution in [1.29, 1.82) is 0 Å². The van der Waals surface area contributed by atoms with E-state index in [1.807, 2.05) is 24.3 Å². The van der Waals surface area contributed by atoms with Gasteiger partial charge in [0.1, 0.15) is 0 Å². The van der Waals surface area contributed by atoms with Gasteiger partial charge in [-0.1, -0.05) is 35.0 Å². The second-order valence-corrected chi connectivity index (χ2v) is 4.12. The zero-order valence-corrected chi connectivity index (χ0v) is 9.36. The highest BCUT2D eigenvalue weighted by atomic mass is 79.9. The van der Waals surface area contributed by atoms with E-state index in [0.717, 1.165) is 10.0 Å². The van der Waals surface area contributed by atoms with Crippen LogP contribution in [-0.2, 0) is 4.79 Å². The molecule has 14 heavy (non-hydrogen) atoms. The van der Waals surface area contributed by atoms with E-state index in [-0.39, 0.29) is 0 Å². The third kappa shape index (κ3) is 2.56. The quantitative estimate of drug-likeness (QED) is 0.873. The number of hydrogen-bond acceptors (Lipinski definition) is 2. The van der Waals surface area contributed by atoms with Gasteiger partial charge in [-0.3, -0.25) is 4.79 Å². The van der Waals surface area contributed by atoms with Crippen LogP contribution in [-0.4, -0.2) is 11.1 Å². The molecule has 0 spiro atoms. The van der Waals surface area contributed by atoms with E-state index in [1.54, 1.807) is 6.92 Å². The zero-order valence-electron chi connectivity index (χ0n) is 7.77. The van der Waals surface area contributed by atoms with E-state index < -0.39 is 17.9 Å². The van der Waals surface area contributed by atoms with Crippen molar-refractivity contribution in [3.63, 3.8) is 0 Å². The van der Waals surface area contributed by atoms with E-state index in [2.05, 4.69) is 15.9 Å². The Balaban J connectivity index is 2.89. The number of carbonyl (C=O) groups is 1. The molecule has 1 rings (SSSR count). The SMILES string of the molecule is CC(C(=O)O)C(N)c1cccc(Br)c1. The summed E-state index contributed by atoms with van der Waals surface area (Å²) in [6.45, 7) is 1.61. The molecule has 76 valence electrons. The van der Waals surface area contributed by atoms with Crippen molar-refractivity contribution in [3.8, 4) is 0 Å². The molecule has 4 heteroatoms. The number of halogens is 1. The van der Waals surface area contributed by atoms with Crippen LogP contribution in [0, 0.1) is 5.92 Å². The number of rotatable bonds is 3. The van der Waals surface area contributed by atoms with Crippen LogP contribution in [0.2, 0.25) is 0 Å². The summed E-state index contributed by atoms with van der Waals surface area (Å²) in [5.74, 6) is -1.46. The van der Waals surface area contributed by atoms with Crippen molar-refractivity contribution in [1.82, 2.24) is 0 Å². The third-order valence-electron chi connectivity index (χ3n) is 2.16. The molecule has 2 unspecified atom stereocenters. The van der Waals surface area contributed by atoms with Crippen LogP contribution in [0.15, 0.2) is 28.7 Å². The summed E-state index contributed by atoms with van der Waals surface area (Å²) in [6, 6.07) is 6.92. The Kier molecular flexibility index (Phi) is 3.66. The molecule has 3 N–H and O–H groups in total. The molecule has 0 fully saturated rings. The van der Waals surface area contributed by atoms with E-state index in [4.69, 9.17) is 10.8 Å². The monoisotopic (exact) mass is 257 g/mol. The van der Waals surface area contributed by atoms with Gasteiger partial charge in [-0.25, -0.2) is 0 Å². The van der Waals surface area contributed by atoms with Gasteiger partial charge in [0.15, 0.2) is 0 Å². The van der Waals surface area contributed by atoms with Gasteiger partial charge in [0.05, 0.1) is 5.92 Å². The highest BCUT2D eigenvalue weighted by Crippen LogP contribution is 2.22. The maximum atomic E-state index is 10.7. The van der Waals surface area contributed by atoms with Gasteiger partial charge in [-0.05, 0) is 17.7 Å². The van der Waals surface area contributed by atoms with Crippen molar-refractivity contribution in [2.45, 2.75) is 13.0 Å². The van der Waals surface area contributed by atoms with E-state index in [9.17, 15) is 4.79 Å². The Morgan fingerprint density at radius 2 is 2.21 bits per heavy atom. The van der Waals surface area contributed by atoms with Crippen LogP contribution < -0.4 is 5.73 Å². The molecule has 0 heterocycles. The molecule has 1 aromatic carbocycles. The molecule has 0 saturated carbocycles. The van der Waals surface area contributed by atoms with Gasteiger partial charge >= 0.3 is 5.97 Å². The molecule has 0 aliphatic carbocycles. The summed E-state index contributed by atoms with van der Waals surface area (Å²) < 4.78 is 0.906. The highest BCUT2D eigenvalue weighted by Gasteiger charge is 2.21. The van der Waals surface area contributed by atoms with Gasteiger partial charge in [-0.15, -0.1) is 0 Å². The first kappa shape index (κ1) is 11.2. The van der Waals surface area contributed by atoms with E-state index in [0.29, 0.717) is 0 Å². The minimum Gasteiger partial charge on any atom is -0.481 e. The van der Waals surface area contributed by atoms with Gasteiger partial charge in [0.2, 0.25) is 0 Å². The Bertz CT molecular complexity index is 341. The number of hydrogen-bond donors (Lipinski definition) is 2. The summed E-state index contributed by atoms with van der Waals surface area (Å²) in [6.07, 6.45) is 0. The molecule has 0 amide bonds. The van der Waals surface area contributed by atoms with Crippen LogP contribution in [0.5, 0.6) is 0 Å². The maximum Gasteiger partial charge on any atom is 0.308 e. The fraction of sp³-hybridized carbons (Fsp3) is 0.300. The number of carboxylic acid groups (broad SMARTS) is 1. The molecule has 0 aliphatic rings. The smallest absolute Gasteiger partial charge is 0.308 e. The average molecular weight is 258 g/mol. The number of carboxylic acids is 1. The third-order valence-corrected chi connectivity index (χ3v) is 2.66. The van der Waals surface area contributed by atoms with Crippen LogP contribution in [0.3, 0.4) is 0 Å². The summed E-state index contributed by atoms with van der Waals surface area (Å²) in [5.41, 5.74) is 6.63. The maximum absolute atomic E-state index is 10.7. The van der Waals surface area contributed by atoms with Gasteiger partial charge in [-0.2, -0.15) is 0 Å². The summed E-state index contributed by atoms with van der Waals surface area (Å²) >= 11 is 3.31. The largest absolute Gasteiger partial charge is 0.481 e. The molecule has 0 radical (unpaired) electrons. The molecule has 3 nitrogen and oxygen atoms in total. The van der Waals surface area contributed by atoms with Crippen LogP contribution in [0.4, 0.5) is 0 Å². The van der Waals surface area contributed by atoms with Crippen LogP contribution in [0.25, 0.3) is 0 Å². The van der Waals surface area contributed by atoms with E-state index >= 15 is 0 Å². The fourth-order valence-electron chi connectivity index (χ4n) is 1.16. The Morgan fingerprint density at radius 1 is 1.57 bits per heavy atom. The normalized spacial score (nSPS) is 14.8. The Labute approximate surface area is 91.1 Å². The first-order chi connectivity index (χ1) is 6.52. The van der Waals surface area contributed by atoms with Crippen LogP contribution >= 0.6 is 15.9 Å². The molecule has 0 aliphatic heterocycles. The summed E-state index contributed by atoms with van der Waals surface area (Å²) in [4.78, 5) is 10.7. The molecular weight excluding hydrogens is 246 g/mol. The van der Waals surface area contributed by atoms with Crippen molar-refractivity contribution < 1.29 is 9.90 Å². The van der Waals surface area contributed by atoms with Crippen molar-refractivity contribution in [2.24, 2.45) is 11.7 Å². The lowest BCUT2D eigenvalue weighted by atomic mass is 9.96. The van der Waals surface area contributed by atoms with Gasteiger partial charge in [0, 0.05) is 10.5 Å². The minimum atomic E-state index is -0.877. The standard InChI is InChI=1S/C10H12BrNO2/c1-6(10(13)14)9(12)7-3-2-4-8(11)5-7/h2-6,9H,12H2,1H3,(H,13,14). The topological polar surface area (TPSA) is 63.3 Å². The molecule has 2 atom stereocenters. The summed E-state index contributed by atoms with van der Waals surface area (Å²) in [5, 5.41) is 8.79. The molecule has 1 aromatic rings. The highest BCUT2D eigenvalue weighted by molar-refractivity contribution is 9.10. The van der Waals surface area contributed by atoms with Crippen molar-refractivity contribution in [2.75, 3.05) is 0 Å². The fourth-order valence-corrected chi connectivity index (χ4v) is 1.57. The summed E-state index contributed by atoms with van der Waals surface area (Å²) in [7, 11) is 0. The van der Waals surface area contributed by atoms with E-state index in [1.165, 1.54) is 0 Å². The average Bonchev–Trinajstić information content (AvgIpc) is 2.15. The van der Waals surface area contributed by atoms with Crippen molar-refractivity contribution >= 4 is 21.9 Å². The van der Waals surface area contributed by atoms with Gasteiger partial charge in [0.25, 0.3) is 0 Å². The predicted octanol–water partition coefficient (Wildman–Crippen LogP) is 2.17. The predicted molar refractivity (Wildman–Crippen MR) is 57.9 cm³/mol. The second kappa shape index (κ2) is 4.57. The first-order valence-corrected chi connectivity index (χ1v) is 5.05. The Morgan fingerprint density at radius 3 is 2.71 bits per heavy atom. The van der Waals surface area contributed by atoms with Crippen LogP contribution in [0.1, 0.15) is 18.5 Å². The molecule has 0 saturated heterocycles. The second-order valence-electron chi connectivity index (χ2n) is 3.21. The minimum absolute atomic E-state index is 0.468. The zero-order chi connectivity index (χ0) is 10.7. The molecule has 0 aromatic heterocycles. The number of aliphatic carboxylic acids is 1. The molecular formula is C10H12BrNO2. The van der Waals surface area contributed by atoms with Crippen molar-refractivity contribution in [3.05, 3.63) is 34.3 Å². The number of benzene rings is 1. The van der Waals surface area contributed by atoms with Gasteiger partial charge < -0.3 is 10.8 Å². The lowest BCUT2D eigenvalue weighted by molar-refractivity contribution is -0.141. The Hall–Kier alpha value is -0.870. The molecule has 0 bridgehead atoms. The lowest BCUT2D eigenvalue weighted by Crippen LogP contribution is -2.25.